The Morgan fingerprint density at radius 2 is 1.92 bits per heavy atom. The van der Waals surface area contributed by atoms with E-state index in [0.29, 0.717) is 0 Å². The fourth-order valence-electron chi connectivity index (χ4n) is 1.04. The largest absolute Gasteiger partial charge is 0.440 e. The van der Waals surface area contributed by atoms with Gasteiger partial charge in [-0.05, 0) is 12.1 Å². The van der Waals surface area contributed by atoms with Crippen molar-refractivity contribution < 1.29 is 13.2 Å². The molecular weight excluding hydrogens is 176 g/mol. The zero-order valence-electron chi connectivity index (χ0n) is 6.42. The molecule has 1 radical (unpaired) electrons. The van der Waals surface area contributed by atoms with Gasteiger partial charge in [-0.25, -0.2) is 13.8 Å². The lowest BCUT2D eigenvalue weighted by Gasteiger charge is -1.98. The highest BCUT2D eigenvalue weighted by atomic mass is 19.1. The lowest BCUT2D eigenvalue weighted by atomic mass is 10.1. The van der Waals surface area contributed by atoms with E-state index >= 15 is 0 Å². The number of aromatic nitrogens is 1. The molecule has 0 fully saturated rings. The molecule has 1 aromatic carbocycles. The van der Waals surface area contributed by atoms with Crippen molar-refractivity contribution in [1.29, 1.82) is 0 Å². The van der Waals surface area contributed by atoms with Gasteiger partial charge in [0.05, 0.1) is 5.56 Å². The molecule has 0 aliphatic heterocycles. The van der Waals surface area contributed by atoms with Gasteiger partial charge >= 0.3 is 0 Å². The smallest absolute Gasteiger partial charge is 0.284 e. The van der Waals surface area contributed by atoms with Crippen molar-refractivity contribution in [3.8, 4) is 11.3 Å². The molecule has 0 unspecified atom stereocenters. The summed E-state index contributed by atoms with van der Waals surface area (Å²) in [7, 11) is 0. The van der Waals surface area contributed by atoms with Gasteiger partial charge in [0.1, 0.15) is 23.6 Å². The predicted molar refractivity (Wildman–Crippen MR) is 40.7 cm³/mol. The van der Waals surface area contributed by atoms with Crippen molar-refractivity contribution in [2.24, 2.45) is 0 Å². The van der Waals surface area contributed by atoms with E-state index < -0.39 is 11.6 Å². The molecule has 13 heavy (non-hydrogen) atoms. The average Bonchev–Trinajstić information content (AvgIpc) is 2.57. The Labute approximate surface area is 72.8 Å². The Morgan fingerprint density at radius 1 is 1.23 bits per heavy atom. The van der Waals surface area contributed by atoms with Gasteiger partial charge in [-0.3, -0.25) is 0 Å². The molecule has 0 amide bonds. The third-order valence-corrected chi connectivity index (χ3v) is 1.61. The zero-order valence-corrected chi connectivity index (χ0v) is 6.42. The summed E-state index contributed by atoms with van der Waals surface area (Å²) in [6, 6.07) is 3.61. The molecule has 4 heteroatoms. The SMILES string of the molecule is Fc1cccc(F)c1-c1co[c]n1. The van der Waals surface area contributed by atoms with Gasteiger partial charge in [-0.1, -0.05) is 6.07 Å². The fourth-order valence-corrected chi connectivity index (χ4v) is 1.04. The minimum Gasteiger partial charge on any atom is -0.440 e. The van der Waals surface area contributed by atoms with Crippen molar-refractivity contribution in [2.75, 3.05) is 0 Å². The molecule has 2 rings (SSSR count). The summed E-state index contributed by atoms with van der Waals surface area (Å²) in [4.78, 5) is 3.54. The van der Waals surface area contributed by atoms with Crippen molar-refractivity contribution in [3.05, 3.63) is 42.5 Å². The van der Waals surface area contributed by atoms with Crippen LogP contribution in [-0.4, -0.2) is 4.98 Å². The van der Waals surface area contributed by atoms with Gasteiger partial charge in [-0.2, -0.15) is 0 Å². The van der Waals surface area contributed by atoms with Gasteiger partial charge in [-0.15, -0.1) is 0 Å². The molecule has 0 bridgehead atoms. The van der Waals surface area contributed by atoms with Gasteiger partial charge in [0, 0.05) is 0 Å². The minimum absolute atomic E-state index is 0.107. The van der Waals surface area contributed by atoms with Gasteiger partial charge < -0.3 is 4.42 Å². The summed E-state index contributed by atoms with van der Waals surface area (Å²) in [6.45, 7) is 0. The summed E-state index contributed by atoms with van der Waals surface area (Å²) in [5.74, 6) is -1.33. The van der Waals surface area contributed by atoms with Crippen molar-refractivity contribution >= 4 is 0 Å². The maximum absolute atomic E-state index is 13.1. The van der Waals surface area contributed by atoms with Crippen LogP contribution in [0.1, 0.15) is 0 Å². The molecule has 1 aromatic heterocycles. The number of nitrogens with zero attached hydrogens (tertiary/aromatic N) is 1. The molecule has 0 atom stereocenters. The molecule has 65 valence electrons. The maximum Gasteiger partial charge on any atom is 0.284 e. The molecule has 2 nitrogen and oxygen atoms in total. The van der Waals surface area contributed by atoms with Crippen LogP contribution in [0.3, 0.4) is 0 Å². The molecule has 0 aliphatic rings. The minimum atomic E-state index is -0.665. The lowest BCUT2D eigenvalue weighted by molar-refractivity contribution is 0.547. The first kappa shape index (κ1) is 7.91. The van der Waals surface area contributed by atoms with E-state index in [1.807, 2.05) is 0 Å². The molecular formula is C9H4F2NO. The Balaban J connectivity index is 2.64. The molecule has 0 spiro atoms. The highest BCUT2D eigenvalue weighted by Gasteiger charge is 2.12. The van der Waals surface area contributed by atoms with E-state index in [9.17, 15) is 8.78 Å². The fraction of sp³-hybridized carbons (Fsp3) is 0. The van der Waals surface area contributed by atoms with Crippen LogP contribution in [0.5, 0.6) is 0 Å². The zero-order chi connectivity index (χ0) is 9.26. The Kier molecular flexibility index (Phi) is 1.81. The summed E-state index contributed by atoms with van der Waals surface area (Å²) in [5, 5.41) is 0. The molecule has 0 N–H and O–H groups in total. The van der Waals surface area contributed by atoms with Gasteiger partial charge in [0.15, 0.2) is 0 Å². The third kappa shape index (κ3) is 1.30. The number of hydrogen-bond acceptors (Lipinski definition) is 2. The number of halogens is 2. The van der Waals surface area contributed by atoms with Crippen molar-refractivity contribution in [3.63, 3.8) is 0 Å². The van der Waals surface area contributed by atoms with Crippen LogP contribution in [0.15, 0.2) is 28.9 Å². The lowest BCUT2D eigenvalue weighted by Crippen LogP contribution is -1.88. The Hall–Kier alpha value is -1.71. The third-order valence-electron chi connectivity index (χ3n) is 1.61. The van der Waals surface area contributed by atoms with Crippen molar-refractivity contribution in [2.45, 2.75) is 0 Å². The molecule has 0 saturated carbocycles. The summed E-state index contributed by atoms with van der Waals surface area (Å²) >= 11 is 0. The van der Waals surface area contributed by atoms with Crippen LogP contribution < -0.4 is 0 Å². The second kappa shape index (κ2) is 2.97. The van der Waals surface area contributed by atoms with E-state index in [0.717, 1.165) is 18.4 Å². The Bertz CT molecular complexity index is 391. The van der Waals surface area contributed by atoms with Crippen LogP contribution in [0.2, 0.25) is 0 Å². The van der Waals surface area contributed by atoms with E-state index in [2.05, 4.69) is 15.8 Å². The predicted octanol–water partition coefficient (Wildman–Crippen LogP) is 2.42. The number of rotatable bonds is 1. The molecule has 1 heterocycles. The van der Waals surface area contributed by atoms with E-state index in [-0.39, 0.29) is 11.3 Å². The molecule has 0 saturated heterocycles. The average molecular weight is 180 g/mol. The summed E-state index contributed by atoms with van der Waals surface area (Å²) in [6.07, 6.45) is 3.26. The van der Waals surface area contributed by atoms with Crippen LogP contribution in [0.4, 0.5) is 8.78 Å². The van der Waals surface area contributed by atoms with Gasteiger partial charge in [0.25, 0.3) is 6.39 Å². The quantitative estimate of drug-likeness (QED) is 0.673. The highest BCUT2D eigenvalue weighted by Crippen LogP contribution is 2.23. The highest BCUT2D eigenvalue weighted by molar-refractivity contribution is 5.59. The first-order valence-electron chi connectivity index (χ1n) is 3.55. The van der Waals surface area contributed by atoms with E-state index in [4.69, 9.17) is 0 Å². The Morgan fingerprint density at radius 3 is 2.46 bits per heavy atom. The van der Waals surface area contributed by atoms with Crippen LogP contribution in [-0.2, 0) is 0 Å². The van der Waals surface area contributed by atoms with Crippen LogP contribution >= 0.6 is 0 Å². The summed E-state index contributed by atoms with van der Waals surface area (Å²) < 4.78 is 30.7. The standard InChI is InChI=1S/C9H4F2NO/c10-6-2-1-3-7(11)9(6)8-4-13-5-12-8/h1-4H. The van der Waals surface area contributed by atoms with E-state index in [1.54, 1.807) is 0 Å². The number of oxazole rings is 1. The van der Waals surface area contributed by atoms with Crippen molar-refractivity contribution in [1.82, 2.24) is 4.98 Å². The maximum atomic E-state index is 13.1. The van der Waals surface area contributed by atoms with Gasteiger partial charge in [0.2, 0.25) is 0 Å². The second-order valence-corrected chi connectivity index (χ2v) is 2.42. The first-order valence-corrected chi connectivity index (χ1v) is 3.55. The van der Waals surface area contributed by atoms with E-state index in [1.165, 1.54) is 6.07 Å². The number of hydrogen-bond donors (Lipinski definition) is 0. The number of benzene rings is 1. The molecule has 0 aliphatic carbocycles. The molecule has 2 aromatic rings. The first-order chi connectivity index (χ1) is 6.29. The second-order valence-electron chi connectivity index (χ2n) is 2.42. The van der Waals surface area contributed by atoms with Crippen LogP contribution in [0, 0.1) is 18.0 Å². The summed E-state index contributed by atoms with van der Waals surface area (Å²) in [5.41, 5.74) is -0.0805. The normalized spacial score (nSPS) is 10.3. The van der Waals surface area contributed by atoms with Crippen LogP contribution in [0.25, 0.3) is 11.3 Å². The monoisotopic (exact) mass is 180 g/mol. The topological polar surface area (TPSA) is 26.0 Å².